The molecule has 0 aliphatic carbocycles. The Labute approximate surface area is 108 Å². The summed E-state index contributed by atoms with van der Waals surface area (Å²) in [5.41, 5.74) is 8.77. The topological polar surface area (TPSA) is 56.7 Å². The molecule has 0 spiro atoms. The highest BCUT2D eigenvalue weighted by Gasteiger charge is 2.08. The highest BCUT2D eigenvalue weighted by Crippen LogP contribution is 2.08. The van der Waals surface area contributed by atoms with E-state index in [1.807, 2.05) is 7.05 Å². The Bertz CT molecular complexity index is 487. The Morgan fingerprint density at radius 1 is 1.28 bits per heavy atom. The van der Waals surface area contributed by atoms with Gasteiger partial charge in [-0.25, -0.2) is 4.98 Å². The van der Waals surface area contributed by atoms with Gasteiger partial charge in [-0.05, 0) is 25.3 Å². The fourth-order valence-corrected chi connectivity index (χ4v) is 1.95. The predicted octanol–water partition coefficient (Wildman–Crippen LogP) is 1.63. The van der Waals surface area contributed by atoms with E-state index in [4.69, 9.17) is 5.73 Å². The molecule has 0 aliphatic rings. The molecule has 4 heteroatoms. The molecule has 1 unspecified atom stereocenters. The lowest BCUT2D eigenvalue weighted by Crippen LogP contribution is -2.25. The first-order valence-electron chi connectivity index (χ1n) is 6.29. The van der Waals surface area contributed by atoms with Crippen molar-refractivity contribution in [2.24, 2.45) is 12.8 Å². The number of aromatic nitrogens is 3. The van der Waals surface area contributed by atoms with E-state index in [1.54, 1.807) is 11.0 Å². The number of benzene rings is 1. The molecule has 2 rings (SSSR count). The first kappa shape index (κ1) is 12.8. The van der Waals surface area contributed by atoms with E-state index in [-0.39, 0.29) is 6.04 Å². The van der Waals surface area contributed by atoms with E-state index < -0.39 is 0 Å². The van der Waals surface area contributed by atoms with Crippen molar-refractivity contribution in [3.05, 3.63) is 47.5 Å². The number of rotatable bonds is 5. The molecule has 0 amide bonds. The van der Waals surface area contributed by atoms with Crippen molar-refractivity contribution in [1.29, 1.82) is 0 Å². The normalized spacial score (nSPS) is 12.6. The molecule has 0 saturated heterocycles. The van der Waals surface area contributed by atoms with Crippen LogP contribution in [0.3, 0.4) is 0 Å². The molecule has 96 valence electrons. The van der Waals surface area contributed by atoms with Gasteiger partial charge in [0.25, 0.3) is 0 Å². The molecule has 0 fully saturated rings. The van der Waals surface area contributed by atoms with Crippen molar-refractivity contribution in [2.75, 3.05) is 0 Å². The van der Waals surface area contributed by atoms with E-state index in [0.717, 1.165) is 25.1 Å². The van der Waals surface area contributed by atoms with Crippen molar-refractivity contribution < 1.29 is 0 Å². The summed E-state index contributed by atoms with van der Waals surface area (Å²) >= 11 is 0. The lowest BCUT2D eigenvalue weighted by molar-refractivity contribution is 0.570. The summed E-state index contributed by atoms with van der Waals surface area (Å²) in [6.45, 7) is 2.10. The summed E-state index contributed by atoms with van der Waals surface area (Å²) < 4.78 is 1.78. The molecule has 4 nitrogen and oxygen atoms in total. The van der Waals surface area contributed by atoms with Gasteiger partial charge in [-0.2, -0.15) is 5.10 Å². The maximum atomic E-state index is 6.13. The van der Waals surface area contributed by atoms with Gasteiger partial charge < -0.3 is 5.73 Å². The Kier molecular flexibility index (Phi) is 4.10. The minimum absolute atomic E-state index is 0.134. The zero-order chi connectivity index (χ0) is 13.0. The highest BCUT2D eigenvalue weighted by atomic mass is 15.3. The van der Waals surface area contributed by atoms with Crippen LogP contribution < -0.4 is 5.73 Å². The molecule has 0 bridgehead atoms. The third-order valence-corrected chi connectivity index (χ3v) is 3.17. The Hall–Kier alpha value is -1.68. The van der Waals surface area contributed by atoms with E-state index in [0.29, 0.717) is 0 Å². The summed E-state index contributed by atoms with van der Waals surface area (Å²) in [5, 5.41) is 4.05. The van der Waals surface area contributed by atoms with E-state index in [1.165, 1.54) is 11.1 Å². The summed E-state index contributed by atoms with van der Waals surface area (Å²) in [6.07, 6.45) is 4.33. The SMILES string of the molecule is Cc1ccc(CCC(N)Cc2ncnn2C)cc1. The fraction of sp³-hybridized carbons (Fsp3) is 0.429. The maximum absolute atomic E-state index is 6.13. The maximum Gasteiger partial charge on any atom is 0.138 e. The molecule has 0 aliphatic heterocycles. The number of aryl methyl sites for hydroxylation is 3. The van der Waals surface area contributed by atoms with Crippen molar-refractivity contribution in [3.8, 4) is 0 Å². The molecule has 1 atom stereocenters. The number of nitrogens with two attached hydrogens (primary N) is 1. The van der Waals surface area contributed by atoms with Gasteiger partial charge in [-0.3, -0.25) is 4.68 Å². The number of hydrogen-bond donors (Lipinski definition) is 1. The second kappa shape index (κ2) is 5.78. The van der Waals surface area contributed by atoms with E-state index in [9.17, 15) is 0 Å². The molecule has 18 heavy (non-hydrogen) atoms. The van der Waals surface area contributed by atoms with Gasteiger partial charge in [0.2, 0.25) is 0 Å². The third-order valence-electron chi connectivity index (χ3n) is 3.17. The molecule has 2 aromatic rings. The van der Waals surface area contributed by atoms with Gasteiger partial charge in [0.1, 0.15) is 12.2 Å². The van der Waals surface area contributed by atoms with Crippen LogP contribution >= 0.6 is 0 Å². The van der Waals surface area contributed by atoms with Crippen molar-refractivity contribution >= 4 is 0 Å². The summed E-state index contributed by atoms with van der Waals surface area (Å²) in [7, 11) is 1.90. The van der Waals surface area contributed by atoms with Crippen molar-refractivity contribution in [3.63, 3.8) is 0 Å². The van der Waals surface area contributed by atoms with Gasteiger partial charge >= 0.3 is 0 Å². The largest absolute Gasteiger partial charge is 0.327 e. The molecule has 0 radical (unpaired) electrons. The Morgan fingerprint density at radius 3 is 2.61 bits per heavy atom. The monoisotopic (exact) mass is 244 g/mol. The molecular weight excluding hydrogens is 224 g/mol. The molecule has 1 heterocycles. The van der Waals surface area contributed by atoms with Crippen LogP contribution in [0.1, 0.15) is 23.4 Å². The van der Waals surface area contributed by atoms with Crippen LogP contribution in [0.15, 0.2) is 30.6 Å². The van der Waals surface area contributed by atoms with Crippen LogP contribution in [0, 0.1) is 6.92 Å². The number of hydrogen-bond acceptors (Lipinski definition) is 3. The average Bonchev–Trinajstić information content (AvgIpc) is 2.74. The molecule has 2 N–H and O–H groups in total. The fourth-order valence-electron chi connectivity index (χ4n) is 1.95. The van der Waals surface area contributed by atoms with Crippen LogP contribution in [-0.4, -0.2) is 20.8 Å². The first-order valence-corrected chi connectivity index (χ1v) is 6.29. The van der Waals surface area contributed by atoms with E-state index in [2.05, 4.69) is 41.3 Å². The second-order valence-electron chi connectivity index (χ2n) is 4.79. The van der Waals surface area contributed by atoms with Crippen LogP contribution in [0.4, 0.5) is 0 Å². The zero-order valence-corrected chi connectivity index (χ0v) is 11.0. The minimum Gasteiger partial charge on any atom is -0.327 e. The lowest BCUT2D eigenvalue weighted by atomic mass is 10.0. The van der Waals surface area contributed by atoms with Crippen molar-refractivity contribution in [1.82, 2.24) is 14.8 Å². The first-order chi connectivity index (χ1) is 8.65. The van der Waals surface area contributed by atoms with Crippen LogP contribution in [-0.2, 0) is 19.9 Å². The lowest BCUT2D eigenvalue weighted by Gasteiger charge is -2.11. The van der Waals surface area contributed by atoms with E-state index >= 15 is 0 Å². The average molecular weight is 244 g/mol. The quantitative estimate of drug-likeness (QED) is 0.869. The summed E-state index contributed by atoms with van der Waals surface area (Å²) in [6, 6.07) is 8.76. The zero-order valence-electron chi connectivity index (χ0n) is 11.0. The molecule has 1 aromatic carbocycles. The van der Waals surface area contributed by atoms with Crippen LogP contribution in [0.5, 0.6) is 0 Å². The smallest absolute Gasteiger partial charge is 0.138 e. The van der Waals surface area contributed by atoms with Crippen LogP contribution in [0.2, 0.25) is 0 Å². The minimum atomic E-state index is 0.134. The molecule has 0 saturated carbocycles. The number of nitrogens with zero attached hydrogens (tertiary/aromatic N) is 3. The highest BCUT2D eigenvalue weighted by molar-refractivity contribution is 5.21. The van der Waals surface area contributed by atoms with Gasteiger partial charge in [0.05, 0.1) is 0 Å². The van der Waals surface area contributed by atoms with Crippen LogP contribution in [0.25, 0.3) is 0 Å². The van der Waals surface area contributed by atoms with Gasteiger partial charge in [0.15, 0.2) is 0 Å². The Balaban J connectivity index is 1.83. The Morgan fingerprint density at radius 2 is 2.00 bits per heavy atom. The molecular formula is C14H20N4. The third kappa shape index (κ3) is 3.40. The summed E-state index contributed by atoms with van der Waals surface area (Å²) in [5.74, 6) is 0.950. The standard InChI is InChI=1S/C14H20N4/c1-11-3-5-12(6-4-11)7-8-13(15)9-14-16-10-17-18(14)2/h3-6,10,13H,7-9,15H2,1-2H3. The summed E-state index contributed by atoms with van der Waals surface area (Å²) in [4.78, 5) is 4.19. The second-order valence-corrected chi connectivity index (χ2v) is 4.79. The van der Waals surface area contributed by atoms with Gasteiger partial charge in [-0.1, -0.05) is 29.8 Å². The van der Waals surface area contributed by atoms with Crippen molar-refractivity contribution in [2.45, 2.75) is 32.2 Å². The van der Waals surface area contributed by atoms with Gasteiger partial charge in [-0.15, -0.1) is 0 Å². The molecule has 1 aromatic heterocycles. The van der Waals surface area contributed by atoms with Gasteiger partial charge in [0, 0.05) is 19.5 Å². The predicted molar refractivity (Wildman–Crippen MR) is 72.2 cm³/mol.